The summed E-state index contributed by atoms with van der Waals surface area (Å²) in [5.74, 6) is 0. The molecule has 1 fully saturated rings. The highest BCUT2D eigenvalue weighted by atomic mass is 16.6. The van der Waals surface area contributed by atoms with Crippen LogP contribution >= 0.6 is 0 Å². The largest absolute Gasteiger partial charge is 0.444 e. The van der Waals surface area contributed by atoms with Crippen LogP contribution in [0.5, 0.6) is 0 Å². The average Bonchev–Trinajstić information content (AvgIpc) is 3.21. The lowest BCUT2D eigenvalue weighted by Gasteiger charge is -2.22. The SMILES string of the molecule is CC(C)(C)OC(=O)NC1(C=CCCOCc2ccccc2)CC1. The van der Waals surface area contributed by atoms with Crippen molar-refractivity contribution < 1.29 is 14.3 Å². The van der Waals surface area contributed by atoms with Gasteiger partial charge in [-0.25, -0.2) is 4.79 Å². The minimum atomic E-state index is -0.463. The summed E-state index contributed by atoms with van der Waals surface area (Å²) in [6.45, 7) is 6.91. The lowest BCUT2D eigenvalue weighted by atomic mass is 10.2. The highest BCUT2D eigenvalue weighted by Crippen LogP contribution is 2.37. The van der Waals surface area contributed by atoms with Crippen molar-refractivity contribution >= 4 is 6.09 Å². The van der Waals surface area contributed by atoms with Gasteiger partial charge in [-0.3, -0.25) is 0 Å². The third kappa shape index (κ3) is 6.87. The van der Waals surface area contributed by atoms with Crippen LogP contribution in [0.4, 0.5) is 4.79 Å². The Labute approximate surface area is 138 Å². The van der Waals surface area contributed by atoms with E-state index in [1.165, 1.54) is 5.56 Å². The molecule has 0 bridgehead atoms. The third-order valence-corrected chi connectivity index (χ3v) is 3.52. The van der Waals surface area contributed by atoms with Crippen molar-refractivity contribution in [2.45, 2.75) is 57.8 Å². The summed E-state index contributed by atoms with van der Waals surface area (Å²) in [4.78, 5) is 11.8. The van der Waals surface area contributed by atoms with Gasteiger partial charge in [-0.2, -0.15) is 0 Å². The maximum atomic E-state index is 11.8. The first-order chi connectivity index (χ1) is 10.9. The Morgan fingerprint density at radius 3 is 2.57 bits per heavy atom. The number of rotatable bonds is 7. The molecule has 1 aliphatic rings. The molecule has 4 nitrogen and oxygen atoms in total. The van der Waals surface area contributed by atoms with Crippen molar-refractivity contribution in [1.82, 2.24) is 5.32 Å². The summed E-state index contributed by atoms with van der Waals surface area (Å²) in [6.07, 6.45) is 6.57. The molecule has 0 aliphatic heterocycles. The van der Waals surface area contributed by atoms with Gasteiger partial charge in [0.15, 0.2) is 0 Å². The van der Waals surface area contributed by atoms with Gasteiger partial charge >= 0.3 is 6.09 Å². The van der Waals surface area contributed by atoms with Crippen LogP contribution < -0.4 is 5.32 Å². The van der Waals surface area contributed by atoms with E-state index in [1.54, 1.807) is 0 Å². The van der Waals surface area contributed by atoms with Crippen LogP contribution in [0, 0.1) is 0 Å². The number of hydrogen-bond donors (Lipinski definition) is 1. The molecular weight excluding hydrogens is 290 g/mol. The van der Waals surface area contributed by atoms with Gasteiger partial charge in [0, 0.05) is 0 Å². The van der Waals surface area contributed by atoms with Crippen LogP contribution in [-0.4, -0.2) is 23.8 Å². The molecule has 126 valence electrons. The van der Waals surface area contributed by atoms with E-state index in [1.807, 2.05) is 39.0 Å². The predicted octanol–water partition coefficient (Wildman–Crippen LogP) is 4.21. The zero-order chi connectivity index (χ0) is 16.8. The quantitative estimate of drug-likeness (QED) is 0.605. The topological polar surface area (TPSA) is 47.6 Å². The molecule has 23 heavy (non-hydrogen) atoms. The molecule has 0 unspecified atom stereocenters. The van der Waals surface area contributed by atoms with Crippen molar-refractivity contribution in [2.75, 3.05) is 6.61 Å². The molecular formula is C19H27NO3. The summed E-state index contributed by atoms with van der Waals surface area (Å²) in [7, 11) is 0. The van der Waals surface area contributed by atoms with E-state index in [0.717, 1.165) is 19.3 Å². The second-order valence-electron chi connectivity index (χ2n) is 7.01. The molecule has 1 aliphatic carbocycles. The fourth-order valence-electron chi connectivity index (χ4n) is 2.20. The smallest absolute Gasteiger partial charge is 0.408 e. The van der Waals surface area contributed by atoms with Crippen LogP contribution in [0.3, 0.4) is 0 Å². The number of alkyl carbamates (subject to hydrolysis) is 1. The number of benzene rings is 1. The fourth-order valence-corrected chi connectivity index (χ4v) is 2.20. The summed E-state index contributed by atoms with van der Waals surface area (Å²) >= 11 is 0. The molecule has 0 saturated heterocycles. The number of amides is 1. The molecule has 1 aromatic carbocycles. The first-order valence-corrected chi connectivity index (χ1v) is 8.19. The molecule has 1 N–H and O–H groups in total. The van der Waals surface area contributed by atoms with E-state index >= 15 is 0 Å². The van der Waals surface area contributed by atoms with E-state index < -0.39 is 5.60 Å². The molecule has 1 aromatic rings. The molecule has 4 heteroatoms. The third-order valence-electron chi connectivity index (χ3n) is 3.52. The van der Waals surface area contributed by atoms with Gasteiger partial charge in [0.05, 0.1) is 18.8 Å². The predicted molar refractivity (Wildman–Crippen MR) is 91.2 cm³/mol. The Bertz CT molecular complexity index is 527. The first kappa shape index (κ1) is 17.5. The van der Waals surface area contributed by atoms with E-state index in [-0.39, 0.29) is 11.6 Å². The Hall–Kier alpha value is -1.81. The zero-order valence-electron chi connectivity index (χ0n) is 14.3. The highest BCUT2D eigenvalue weighted by molar-refractivity contribution is 5.70. The van der Waals surface area contributed by atoms with Crippen molar-refractivity contribution in [3.8, 4) is 0 Å². The molecule has 0 spiro atoms. The Balaban J connectivity index is 1.64. The van der Waals surface area contributed by atoms with E-state index in [4.69, 9.17) is 9.47 Å². The lowest BCUT2D eigenvalue weighted by Crippen LogP contribution is -2.39. The van der Waals surface area contributed by atoms with Gasteiger partial charge in [-0.1, -0.05) is 42.5 Å². The van der Waals surface area contributed by atoms with Crippen LogP contribution in [0.1, 0.15) is 45.6 Å². The molecule has 1 amide bonds. The number of carbonyl (C=O) groups is 1. The fraction of sp³-hybridized carbons (Fsp3) is 0.526. The van der Waals surface area contributed by atoms with Gasteiger partial charge in [0.1, 0.15) is 5.60 Å². The van der Waals surface area contributed by atoms with E-state index in [2.05, 4.69) is 29.6 Å². The molecule has 0 aromatic heterocycles. The monoisotopic (exact) mass is 317 g/mol. The standard InChI is InChI=1S/C19H27NO3/c1-18(2,3)23-17(21)20-19(12-13-19)11-7-8-14-22-15-16-9-5-4-6-10-16/h4-7,9-11H,8,12-15H2,1-3H3,(H,20,21). The number of carbonyl (C=O) groups excluding carboxylic acids is 1. The Kier molecular flexibility index (Phi) is 5.83. The summed E-state index contributed by atoms with van der Waals surface area (Å²) in [5, 5.41) is 2.95. The van der Waals surface area contributed by atoms with Crippen molar-refractivity contribution in [2.24, 2.45) is 0 Å². The second kappa shape index (κ2) is 7.64. The minimum absolute atomic E-state index is 0.207. The maximum Gasteiger partial charge on any atom is 0.408 e. The molecule has 1 saturated carbocycles. The average molecular weight is 317 g/mol. The Morgan fingerprint density at radius 2 is 1.96 bits per heavy atom. The van der Waals surface area contributed by atoms with Crippen LogP contribution in [0.2, 0.25) is 0 Å². The van der Waals surface area contributed by atoms with Gasteiger partial charge in [-0.15, -0.1) is 0 Å². The molecule has 0 radical (unpaired) electrons. The number of ether oxygens (including phenoxy) is 2. The number of hydrogen-bond acceptors (Lipinski definition) is 3. The van der Waals surface area contributed by atoms with Crippen LogP contribution in [-0.2, 0) is 16.1 Å². The number of nitrogens with one attached hydrogen (secondary N) is 1. The van der Waals surface area contributed by atoms with Crippen LogP contribution in [0.15, 0.2) is 42.5 Å². The van der Waals surface area contributed by atoms with E-state index in [0.29, 0.717) is 13.2 Å². The van der Waals surface area contributed by atoms with Gasteiger partial charge in [-0.05, 0) is 45.6 Å². The van der Waals surface area contributed by atoms with Gasteiger partial charge in [0.2, 0.25) is 0 Å². The van der Waals surface area contributed by atoms with Crippen molar-refractivity contribution in [3.63, 3.8) is 0 Å². The molecule has 0 atom stereocenters. The van der Waals surface area contributed by atoms with Gasteiger partial charge in [0.25, 0.3) is 0 Å². The van der Waals surface area contributed by atoms with Crippen LogP contribution in [0.25, 0.3) is 0 Å². The van der Waals surface area contributed by atoms with Crippen molar-refractivity contribution in [3.05, 3.63) is 48.0 Å². The summed E-state index contributed by atoms with van der Waals surface area (Å²) in [5.41, 5.74) is 0.512. The highest BCUT2D eigenvalue weighted by Gasteiger charge is 2.42. The van der Waals surface area contributed by atoms with Crippen molar-refractivity contribution in [1.29, 1.82) is 0 Å². The first-order valence-electron chi connectivity index (χ1n) is 8.19. The maximum absolute atomic E-state index is 11.8. The summed E-state index contributed by atoms with van der Waals surface area (Å²) < 4.78 is 10.9. The normalized spacial score (nSPS) is 16.3. The molecule has 2 rings (SSSR count). The Morgan fingerprint density at radius 1 is 1.26 bits per heavy atom. The second-order valence-corrected chi connectivity index (χ2v) is 7.01. The summed E-state index contributed by atoms with van der Waals surface area (Å²) in [6, 6.07) is 10.1. The van der Waals surface area contributed by atoms with E-state index in [9.17, 15) is 4.79 Å². The zero-order valence-corrected chi connectivity index (χ0v) is 14.3. The molecule has 0 heterocycles. The van der Waals surface area contributed by atoms with Gasteiger partial charge < -0.3 is 14.8 Å². The minimum Gasteiger partial charge on any atom is -0.444 e. The lowest BCUT2D eigenvalue weighted by molar-refractivity contribution is 0.0508.